The van der Waals surface area contributed by atoms with Gasteiger partial charge in [-0.05, 0) is 61.6 Å². The highest BCUT2D eigenvalue weighted by Gasteiger charge is 2.20. The third kappa shape index (κ3) is 4.38. The molecule has 2 aromatic rings. The molecule has 1 aliphatic heterocycles. The molecule has 0 aliphatic carbocycles. The number of amides is 1. The summed E-state index contributed by atoms with van der Waals surface area (Å²) in [6.45, 7) is 3.33. The van der Waals surface area contributed by atoms with Gasteiger partial charge in [-0.25, -0.2) is 4.39 Å². The Bertz CT molecular complexity index is 714. The zero-order valence-electron chi connectivity index (χ0n) is 14.7. The summed E-state index contributed by atoms with van der Waals surface area (Å²) in [4.78, 5) is 14.6. The number of benzene rings is 2. The van der Waals surface area contributed by atoms with E-state index in [1.54, 1.807) is 18.2 Å². The van der Waals surface area contributed by atoms with E-state index in [9.17, 15) is 9.18 Å². The van der Waals surface area contributed by atoms with E-state index in [1.165, 1.54) is 31.0 Å². The van der Waals surface area contributed by atoms with Crippen LogP contribution in [0.3, 0.4) is 0 Å². The van der Waals surface area contributed by atoms with Crippen molar-refractivity contribution in [2.45, 2.75) is 45.1 Å². The first-order valence-corrected chi connectivity index (χ1v) is 9.07. The third-order valence-electron chi connectivity index (χ3n) is 4.89. The van der Waals surface area contributed by atoms with E-state index in [2.05, 4.69) is 29.3 Å². The summed E-state index contributed by atoms with van der Waals surface area (Å²) < 4.78 is 13.6. The minimum absolute atomic E-state index is 0.0401. The van der Waals surface area contributed by atoms with Crippen LogP contribution < -0.4 is 10.2 Å². The van der Waals surface area contributed by atoms with Gasteiger partial charge in [0.25, 0.3) is 0 Å². The molecule has 1 atom stereocenters. The Hall–Kier alpha value is -2.36. The van der Waals surface area contributed by atoms with Crippen molar-refractivity contribution in [3.05, 3.63) is 59.9 Å². The van der Waals surface area contributed by atoms with Crippen molar-refractivity contribution in [1.82, 2.24) is 0 Å². The predicted octanol–water partition coefficient (Wildman–Crippen LogP) is 4.78. The number of halogens is 1. The minimum Gasteiger partial charge on any atom is -0.369 e. The summed E-state index contributed by atoms with van der Waals surface area (Å²) in [6.07, 6.45) is 4.98. The average molecular weight is 340 g/mol. The van der Waals surface area contributed by atoms with Crippen LogP contribution in [0.1, 0.15) is 38.2 Å². The van der Waals surface area contributed by atoms with Crippen molar-refractivity contribution < 1.29 is 9.18 Å². The number of nitrogens with zero attached hydrogens (tertiary/aromatic N) is 1. The molecule has 1 unspecified atom stereocenters. The van der Waals surface area contributed by atoms with Crippen molar-refractivity contribution in [1.29, 1.82) is 0 Å². The minimum atomic E-state index is -0.344. The lowest BCUT2D eigenvalue weighted by Gasteiger charge is -2.37. The van der Waals surface area contributed by atoms with Crippen LogP contribution in [0.4, 0.5) is 15.8 Å². The number of piperidine rings is 1. The molecule has 1 heterocycles. The second-order valence-corrected chi connectivity index (χ2v) is 6.61. The van der Waals surface area contributed by atoms with E-state index in [4.69, 9.17) is 0 Å². The van der Waals surface area contributed by atoms with Gasteiger partial charge < -0.3 is 10.2 Å². The summed E-state index contributed by atoms with van der Waals surface area (Å²) >= 11 is 0. The molecule has 1 amide bonds. The lowest BCUT2D eigenvalue weighted by Crippen LogP contribution is -2.39. The van der Waals surface area contributed by atoms with Gasteiger partial charge in [0, 0.05) is 24.0 Å². The Labute approximate surface area is 148 Å². The zero-order chi connectivity index (χ0) is 17.6. The smallest absolute Gasteiger partial charge is 0.228 e. The van der Waals surface area contributed by atoms with Crippen LogP contribution in [-0.4, -0.2) is 18.5 Å². The first kappa shape index (κ1) is 17.5. The average Bonchev–Trinajstić information content (AvgIpc) is 2.64. The monoisotopic (exact) mass is 340 g/mol. The second kappa shape index (κ2) is 8.15. The van der Waals surface area contributed by atoms with Crippen molar-refractivity contribution in [3.63, 3.8) is 0 Å². The molecule has 0 radical (unpaired) electrons. The van der Waals surface area contributed by atoms with Gasteiger partial charge in [-0.2, -0.15) is 0 Å². The Balaban J connectivity index is 1.62. The largest absolute Gasteiger partial charge is 0.369 e. The summed E-state index contributed by atoms with van der Waals surface area (Å²) in [7, 11) is 0. The van der Waals surface area contributed by atoms with Gasteiger partial charge in [0.2, 0.25) is 5.91 Å². The lowest BCUT2D eigenvalue weighted by molar-refractivity contribution is -0.115. The summed E-state index contributed by atoms with van der Waals surface area (Å²) in [5, 5.41) is 2.85. The number of carbonyl (C=O) groups is 1. The van der Waals surface area contributed by atoms with Crippen LogP contribution in [0, 0.1) is 5.82 Å². The summed E-state index contributed by atoms with van der Waals surface area (Å²) in [6, 6.07) is 15.0. The molecule has 1 saturated heterocycles. The molecule has 0 saturated carbocycles. The van der Waals surface area contributed by atoms with Gasteiger partial charge in [0.05, 0.1) is 6.42 Å². The van der Waals surface area contributed by atoms with Crippen molar-refractivity contribution in [3.8, 4) is 0 Å². The molecule has 1 fully saturated rings. The fraction of sp³-hybridized carbons (Fsp3) is 0.381. The number of hydrogen-bond acceptors (Lipinski definition) is 2. The highest BCUT2D eigenvalue weighted by atomic mass is 19.1. The zero-order valence-corrected chi connectivity index (χ0v) is 14.7. The highest BCUT2D eigenvalue weighted by molar-refractivity contribution is 5.92. The van der Waals surface area contributed by atoms with Crippen LogP contribution in [0.5, 0.6) is 0 Å². The number of anilines is 2. The molecule has 0 spiro atoms. The SMILES string of the molecule is CCC1CCCCN1c1ccc(NC(=O)Cc2ccccc2F)cc1. The normalized spacial score (nSPS) is 17.4. The molecule has 3 nitrogen and oxygen atoms in total. The van der Waals surface area contributed by atoms with Crippen molar-refractivity contribution >= 4 is 17.3 Å². The third-order valence-corrected chi connectivity index (χ3v) is 4.89. The molecular weight excluding hydrogens is 315 g/mol. The Morgan fingerprint density at radius 2 is 1.92 bits per heavy atom. The maximum atomic E-state index is 13.6. The maximum absolute atomic E-state index is 13.6. The summed E-state index contributed by atoms with van der Waals surface area (Å²) in [5.74, 6) is -0.550. The summed E-state index contributed by atoms with van der Waals surface area (Å²) in [5.41, 5.74) is 2.37. The van der Waals surface area contributed by atoms with E-state index in [1.807, 2.05) is 12.1 Å². The number of rotatable bonds is 5. The number of nitrogens with one attached hydrogen (secondary N) is 1. The van der Waals surface area contributed by atoms with Gasteiger partial charge in [0.15, 0.2) is 0 Å². The van der Waals surface area contributed by atoms with E-state index in [0.717, 1.165) is 18.7 Å². The highest BCUT2D eigenvalue weighted by Crippen LogP contribution is 2.27. The Kier molecular flexibility index (Phi) is 5.69. The molecule has 0 aromatic heterocycles. The molecule has 2 aromatic carbocycles. The number of hydrogen-bond donors (Lipinski definition) is 1. The van der Waals surface area contributed by atoms with Crippen molar-refractivity contribution in [2.75, 3.05) is 16.8 Å². The van der Waals surface area contributed by atoms with Gasteiger partial charge >= 0.3 is 0 Å². The molecule has 0 bridgehead atoms. The van der Waals surface area contributed by atoms with Gasteiger partial charge in [-0.15, -0.1) is 0 Å². The van der Waals surface area contributed by atoms with Crippen LogP contribution in [0.15, 0.2) is 48.5 Å². The van der Waals surface area contributed by atoms with Gasteiger partial charge in [-0.1, -0.05) is 25.1 Å². The number of carbonyl (C=O) groups excluding carboxylic acids is 1. The quantitative estimate of drug-likeness (QED) is 0.850. The molecule has 4 heteroatoms. The fourth-order valence-corrected chi connectivity index (χ4v) is 3.52. The standard InChI is InChI=1S/C21H25FN2O/c1-2-18-8-5-6-14-24(18)19-12-10-17(11-13-19)23-21(25)15-16-7-3-4-9-20(16)22/h3-4,7,9-13,18H,2,5-6,8,14-15H2,1H3,(H,23,25). The topological polar surface area (TPSA) is 32.3 Å². The van der Waals surface area contributed by atoms with E-state index < -0.39 is 0 Å². The molecular formula is C21H25FN2O. The second-order valence-electron chi connectivity index (χ2n) is 6.61. The Morgan fingerprint density at radius 1 is 1.16 bits per heavy atom. The van der Waals surface area contributed by atoms with E-state index in [-0.39, 0.29) is 18.1 Å². The van der Waals surface area contributed by atoms with Crippen LogP contribution in [-0.2, 0) is 11.2 Å². The fourth-order valence-electron chi connectivity index (χ4n) is 3.52. The molecule has 1 N–H and O–H groups in total. The Morgan fingerprint density at radius 3 is 2.64 bits per heavy atom. The lowest BCUT2D eigenvalue weighted by atomic mass is 9.99. The molecule has 1 aliphatic rings. The van der Waals surface area contributed by atoms with Crippen molar-refractivity contribution in [2.24, 2.45) is 0 Å². The van der Waals surface area contributed by atoms with E-state index >= 15 is 0 Å². The predicted molar refractivity (Wildman–Crippen MR) is 100 cm³/mol. The first-order chi connectivity index (χ1) is 12.2. The van der Waals surface area contributed by atoms with Crippen LogP contribution >= 0.6 is 0 Å². The van der Waals surface area contributed by atoms with Gasteiger partial charge in [-0.3, -0.25) is 4.79 Å². The molecule has 25 heavy (non-hydrogen) atoms. The van der Waals surface area contributed by atoms with Crippen LogP contribution in [0.25, 0.3) is 0 Å². The maximum Gasteiger partial charge on any atom is 0.228 e. The van der Waals surface area contributed by atoms with Crippen LogP contribution in [0.2, 0.25) is 0 Å². The van der Waals surface area contributed by atoms with Gasteiger partial charge in [0.1, 0.15) is 5.82 Å². The molecule has 132 valence electrons. The first-order valence-electron chi connectivity index (χ1n) is 9.07. The van der Waals surface area contributed by atoms with E-state index in [0.29, 0.717) is 11.6 Å². The molecule has 3 rings (SSSR count).